The highest BCUT2D eigenvalue weighted by Crippen LogP contribution is 2.20. The van der Waals surface area contributed by atoms with Gasteiger partial charge in [-0.2, -0.15) is 0 Å². The maximum absolute atomic E-state index is 11.4. The highest BCUT2D eigenvalue weighted by Gasteiger charge is 2.23. The van der Waals surface area contributed by atoms with Gasteiger partial charge in [0.2, 0.25) is 0 Å². The average molecular weight is 485 g/mol. The number of benzene rings is 2. The largest absolute Gasteiger partial charge is 0.491 e. The Morgan fingerprint density at radius 3 is 1.82 bits per heavy atom. The molecular weight excluding hydrogens is 452 g/mol. The molecule has 0 radical (unpaired) electrons. The molecule has 1 heterocycles. The van der Waals surface area contributed by atoms with Crippen LogP contribution in [0.15, 0.2) is 72.8 Å². The number of aliphatic hydroxyl groups excluding tert-OH is 2. The Bertz CT molecular complexity index is 947. The van der Waals surface area contributed by atoms with Crippen molar-refractivity contribution >= 4 is 17.2 Å². The Kier molecular flexibility index (Phi) is 9.90. The predicted molar refractivity (Wildman–Crippen MR) is 133 cm³/mol. The summed E-state index contributed by atoms with van der Waals surface area (Å²) in [5.74, 6) is 0.938. The zero-order chi connectivity index (χ0) is 24.3. The minimum absolute atomic E-state index is 0.0165. The SMILES string of the molecule is CC(Cc1ccc(C(N)=O)s1)N(CC(O)COc1ccccc1)CC(O)COc1ccccc1. The first-order valence-electron chi connectivity index (χ1n) is 11.2. The van der Waals surface area contributed by atoms with Gasteiger partial charge in [0.1, 0.15) is 36.9 Å². The van der Waals surface area contributed by atoms with E-state index in [1.807, 2.05) is 78.6 Å². The topological polar surface area (TPSA) is 105 Å². The number of thiophene rings is 1. The lowest BCUT2D eigenvalue weighted by molar-refractivity contribution is 0.0168. The molecule has 8 heteroatoms. The monoisotopic (exact) mass is 484 g/mol. The number of nitrogens with two attached hydrogens (primary N) is 1. The van der Waals surface area contributed by atoms with Crippen molar-refractivity contribution in [3.63, 3.8) is 0 Å². The van der Waals surface area contributed by atoms with Crippen molar-refractivity contribution < 1.29 is 24.5 Å². The van der Waals surface area contributed by atoms with Crippen LogP contribution in [0.5, 0.6) is 11.5 Å². The Labute approximate surface area is 204 Å². The van der Waals surface area contributed by atoms with Crippen LogP contribution >= 0.6 is 11.3 Å². The van der Waals surface area contributed by atoms with Crippen LogP contribution in [-0.4, -0.2) is 65.6 Å². The van der Waals surface area contributed by atoms with E-state index in [2.05, 4.69) is 0 Å². The smallest absolute Gasteiger partial charge is 0.258 e. The van der Waals surface area contributed by atoms with E-state index >= 15 is 0 Å². The van der Waals surface area contributed by atoms with Crippen molar-refractivity contribution in [2.45, 2.75) is 31.6 Å². The lowest BCUT2D eigenvalue weighted by atomic mass is 10.1. The lowest BCUT2D eigenvalue weighted by Crippen LogP contribution is -2.46. The van der Waals surface area contributed by atoms with Crippen LogP contribution in [0.4, 0.5) is 0 Å². The minimum Gasteiger partial charge on any atom is -0.491 e. The number of amides is 1. The third kappa shape index (κ3) is 8.46. The summed E-state index contributed by atoms with van der Waals surface area (Å²) >= 11 is 1.36. The number of primary amides is 1. The number of carbonyl (C=O) groups is 1. The summed E-state index contributed by atoms with van der Waals surface area (Å²) in [6, 6.07) is 22.3. The molecule has 3 atom stereocenters. The van der Waals surface area contributed by atoms with Crippen LogP contribution in [0.25, 0.3) is 0 Å². The number of para-hydroxylation sites is 2. The number of ether oxygens (including phenoxy) is 2. The van der Waals surface area contributed by atoms with Gasteiger partial charge in [0.05, 0.1) is 4.88 Å². The average Bonchev–Trinajstić information content (AvgIpc) is 3.31. The van der Waals surface area contributed by atoms with E-state index in [0.717, 1.165) is 4.88 Å². The molecule has 3 rings (SSSR count). The van der Waals surface area contributed by atoms with E-state index in [9.17, 15) is 15.0 Å². The normalized spacial score (nSPS) is 13.9. The second-order valence-corrected chi connectivity index (χ2v) is 9.36. The number of hydrogen-bond donors (Lipinski definition) is 3. The van der Waals surface area contributed by atoms with Crippen molar-refractivity contribution in [2.75, 3.05) is 26.3 Å². The zero-order valence-corrected chi connectivity index (χ0v) is 20.1. The summed E-state index contributed by atoms with van der Waals surface area (Å²) in [6.07, 6.45) is -0.861. The Balaban J connectivity index is 1.60. The molecule has 3 aromatic rings. The van der Waals surface area contributed by atoms with Gasteiger partial charge in [-0.1, -0.05) is 36.4 Å². The number of aliphatic hydroxyl groups is 2. The number of hydrogen-bond acceptors (Lipinski definition) is 7. The van der Waals surface area contributed by atoms with Crippen LogP contribution in [-0.2, 0) is 6.42 Å². The Hall–Kier alpha value is -2.91. The molecule has 0 saturated carbocycles. The molecule has 2 aromatic carbocycles. The van der Waals surface area contributed by atoms with Gasteiger partial charge in [0.15, 0.2) is 0 Å². The predicted octanol–water partition coefficient (Wildman–Crippen LogP) is 2.96. The van der Waals surface area contributed by atoms with Crippen LogP contribution in [0.2, 0.25) is 0 Å². The summed E-state index contributed by atoms with van der Waals surface area (Å²) in [7, 11) is 0. The lowest BCUT2D eigenvalue weighted by Gasteiger charge is -2.32. The van der Waals surface area contributed by atoms with Crippen LogP contribution in [0.3, 0.4) is 0 Å². The molecule has 34 heavy (non-hydrogen) atoms. The number of rotatable bonds is 14. The molecule has 0 bridgehead atoms. The quantitative estimate of drug-likeness (QED) is 0.325. The van der Waals surface area contributed by atoms with E-state index in [4.69, 9.17) is 15.2 Å². The van der Waals surface area contributed by atoms with E-state index < -0.39 is 18.1 Å². The molecule has 0 aliphatic carbocycles. The van der Waals surface area contributed by atoms with Gasteiger partial charge in [-0.25, -0.2) is 0 Å². The zero-order valence-electron chi connectivity index (χ0n) is 19.2. The van der Waals surface area contributed by atoms with Crippen molar-refractivity contribution in [2.24, 2.45) is 5.73 Å². The molecule has 0 saturated heterocycles. The Morgan fingerprint density at radius 2 is 1.38 bits per heavy atom. The van der Waals surface area contributed by atoms with Gasteiger partial charge in [-0.05, 0) is 49.7 Å². The molecule has 0 aliphatic rings. The maximum atomic E-state index is 11.4. The second kappa shape index (κ2) is 13.1. The van der Waals surface area contributed by atoms with Gasteiger partial charge < -0.3 is 25.4 Å². The highest BCUT2D eigenvalue weighted by atomic mass is 32.1. The van der Waals surface area contributed by atoms with Crippen molar-refractivity contribution in [1.29, 1.82) is 0 Å². The molecule has 0 spiro atoms. The molecular formula is C26H32N2O5S. The molecule has 0 aliphatic heterocycles. The van der Waals surface area contributed by atoms with Gasteiger partial charge in [-0.3, -0.25) is 9.69 Å². The molecule has 182 valence electrons. The van der Waals surface area contributed by atoms with Gasteiger partial charge in [-0.15, -0.1) is 11.3 Å². The molecule has 4 N–H and O–H groups in total. The standard InChI is InChI=1S/C26H32N2O5S/c1-19(14-24-12-13-25(34-24)26(27)31)28(15-20(29)17-32-22-8-4-2-5-9-22)16-21(30)18-33-23-10-6-3-7-11-23/h2-13,19-21,29-30H,14-18H2,1H3,(H2,27,31). The number of nitrogens with zero attached hydrogens (tertiary/aromatic N) is 1. The second-order valence-electron chi connectivity index (χ2n) is 8.19. The van der Waals surface area contributed by atoms with Crippen LogP contribution < -0.4 is 15.2 Å². The van der Waals surface area contributed by atoms with E-state index in [0.29, 0.717) is 35.9 Å². The summed E-state index contributed by atoms with van der Waals surface area (Å²) in [5, 5.41) is 21.3. The van der Waals surface area contributed by atoms with Crippen LogP contribution in [0, 0.1) is 0 Å². The molecule has 1 aromatic heterocycles. The summed E-state index contributed by atoms with van der Waals surface area (Å²) in [6.45, 7) is 2.91. The fourth-order valence-electron chi connectivity index (χ4n) is 3.54. The first-order chi connectivity index (χ1) is 16.4. The third-order valence-corrected chi connectivity index (χ3v) is 6.41. The fourth-order valence-corrected chi connectivity index (χ4v) is 4.52. The summed E-state index contributed by atoms with van der Waals surface area (Å²) < 4.78 is 11.4. The fraction of sp³-hybridized carbons (Fsp3) is 0.346. The van der Waals surface area contributed by atoms with Crippen molar-refractivity contribution in [1.82, 2.24) is 4.90 Å². The Morgan fingerprint density at radius 1 is 0.882 bits per heavy atom. The van der Waals surface area contributed by atoms with Crippen molar-refractivity contribution in [3.8, 4) is 11.5 Å². The summed E-state index contributed by atoms with van der Waals surface area (Å²) in [4.78, 5) is 15.0. The van der Waals surface area contributed by atoms with E-state index in [-0.39, 0.29) is 19.3 Å². The van der Waals surface area contributed by atoms with E-state index in [1.165, 1.54) is 11.3 Å². The summed E-state index contributed by atoms with van der Waals surface area (Å²) in [5.41, 5.74) is 5.38. The minimum atomic E-state index is -0.755. The van der Waals surface area contributed by atoms with Crippen LogP contribution in [0.1, 0.15) is 21.5 Å². The van der Waals surface area contributed by atoms with Gasteiger partial charge >= 0.3 is 0 Å². The highest BCUT2D eigenvalue weighted by molar-refractivity contribution is 7.14. The molecule has 0 fully saturated rings. The first kappa shape index (κ1) is 25.7. The molecule has 3 unspecified atom stereocenters. The maximum Gasteiger partial charge on any atom is 0.258 e. The van der Waals surface area contributed by atoms with Gasteiger partial charge in [0.25, 0.3) is 5.91 Å². The third-order valence-electron chi connectivity index (χ3n) is 5.29. The van der Waals surface area contributed by atoms with E-state index in [1.54, 1.807) is 6.07 Å². The molecule has 1 amide bonds. The molecule has 7 nitrogen and oxygen atoms in total. The van der Waals surface area contributed by atoms with Crippen molar-refractivity contribution in [3.05, 3.63) is 82.6 Å². The first-order valence-corrected chi connectivity index (χ1v) is 12.1. The van der Waals surface area contributed by atoms with Gasteiger partial charge in [0, 0.05) is 24.0 Å². The number of carbonyl (C=O) groups excluding carboxylic acids is 1.